The number of methoxy groups -OCH3 is 1. The quantitative estimate of drug-likeness (QED) is 0.612. The minimum absolute atomic E-state index is 0.146. The largest absolute Gasteiger partial charge is 0.508 e. The van der Waals surface area contributed by atoms with Crippen LogP contribution in [0.3, 0.4) is 0 Å². The number of phenols is 1. The van der Waals surface area contributed by atoms with Gasteiger partial charge in [-0.1, -0.05) is 6.07 Å². The maximum absolute atomic E-state index is 9.74. The third-order valence-electron chi connectivity index (χ3n) is 4.53. The average Bonchev–Trinajstić information content (AvgIpc) is 2.95. The van der Waals surface area contributed by atoms with Gasteiger partial charge in [-0.2, -0.15) is 5.10 Å². The molecule has 3 heterocycles. The Morgan fingerprint density at radius 1 is 1.12 bits per heavy atom. The summed E-state index contributed by atoms with van der Waals surface area (Å²) >= 11 is 0. The molecule has 0 unspecified atom stereocenters. The topological polar surface area (TPSA) is 73.1 Å². The number of hydrogen-bond donors (Lipinski definition) is 1. The summed E-state index contributed by atoms with van der Waals surface area (Å²) in [4.78, 5) is 8.98. The van der Waals surface area contributed by atoms with Crippen LogP contribution < -0.4 is 4.74 Å². The first kappa shape index (κ1) is 16.1. The Hall–Kier alpha value is -3.41. The summed E-state index contributed by atoms with van der Waals surface area (Å²) in [6.07, 6.45) is 3.58. The molecule has 1 N–H and O–H groups in total. The van der Waals surface area contributed by atoms with E-state index in [0.717, 1.165) is 33.5 Å². The molecule has 0 atom stereocenters. The Morgan fingerprint density at radius 2 is 1.96 bits per heavy atom. The lowest BCUT2D eigenvalue weighted by molar-refractivity contribution is 0.409. The van der Waals surface area contributed by atoms with Gasteiger partial charge < -0.3 is 9.84 Å². The zero-order valence-corrected chi connectivity index (χ0v) is 14.8. The zero-order valence-electron chi connectivity index (χ0n) is 14.8. The molecule has 0 amide bonds. The Labute approximate surface area is 150 Å². The fraction of sp³-hybridized carbons (Fsp3) is 0.150. The van der Waals surface area contributed by atoms with Crippen molar-refractivity contribution >= 4 is 11.0 Å². The molecular formula is C20H18N4O2. The molecule has 0 aliphatic carbocycles. The van der Waals surface area contributed by atoms with Crippen LogP contribution in [0.15, 0.2) is 48.8 Å². The Balaban J connectivity index is 2.04. The van der Waals surface area contributed by atoms with Crippen molar-refractivity contribution in [2.24, 2.45) is 7.05 Å². The predicted octanol–water partition coefficient (Wildman–Crippen LogP) is 3.72. The summed E-state index contributed by atoms with van der Waals surface area (Å²) in [7, 11) is 3.48. The number of rotatable bonds is 3. The van der Waals surface area contributed by atoms with Gasteiger partial charge in [-0.25, -0.2) is 4.98 Å². The van der Waals surface area contributed by atoms with Crippen molar-refractivity contribution in [2.75, 3.05) is 7.11 Å². The second kappa shape index (κ2) is 6.15. The predicted molar refractivity (Wildman–Crippen MR) is 100 cm³/mol. The van der Waals surface area contributed by atoms with Gasteiger partial charge in [0.1, 0.15) is 11.5 Å². The highest BCUT2D eigenvalue weighted by Crippen LogP contribution is 2.37. The molecule has 0 fully saturated rings. The fourth-order valence-electron chi connectivity index (χ4n) is 3.12. The lowest BCUT2D eigenvalue weighted by Crippen LogP contribution is -1.93. The lowest BCUT2D eigenvalue weighted by atomic mass is 10.00. The molecule has 26 heavy (non-hydrogen) atoms. The Kier molecular flexibility index (Phi) is 3.80. The van der Waals surface area contributed by atoms with Crippen LogP contribution in [0.4, 0.5) is 0 Å². The van der Waals surface area contributed by atoms with Crippen LogP contribution in [-0.4, -0.2) is 32.0 Å². The molecule has 6 heteroatoms. The Morgan fingerprint density at radius 3 is 2.69 bits per heavy atom. The van der Waals surface area contributed by atoms with Crippen molar-refractivity contribution in [1.29, 1.82) is 0 Å². The average molecular weight is 346 g/mol. The fourth-order valence-corrected chi connectivity index (χ4v) is 3.12. The first-order valence-electron chi connectivity index (χ1n) is 8.20. The number of aryl methyl sites for hydroxylation is 2. The van der Waals surface area contributed by atoms with Gasteiger partial charge >= 0.3 is 0 Å². The van der Waals surface area contributed by atoms with Crippen LogP contribution in [-0.2, 0) is 7.05 Å². The number of pyridine rings is 2. The highest BCUT2D eigenvalue weighted by molar-refractivity contribution is 5.97. The molecule has 0 saturated heterocycles. The van der Waals surface area contributed by atoms with E-state index >= 15 is 0 Å². The van der Waals surface area contributed by atoms with E-state index in [0.29, 0.717) is 11.4 Å². The van der Waals surface area contributed by atoms with E-state index in [1.54, 1.807) is 31.5 Å². The normalized spacial score (nSPS) is 11.0. The van der Waals surface area contributed by atoms with Gasteiger partial charge in [-0.15, -0.1) is 0 Å². The third kappa shape index (κ3) is 2.56. The molecule has 4 rings (SSSR count). The first-order valence-corrected chi connectivity index (χ1v) is 8.20. The van der Waals surface area contributed by atoms with Gasteiger partial charge in [0.05, 0.1) is 12.8 Å². The number of aromatic nitrogens is 4. The molecule has 6 nitrogen and oxygen atoms in total. The van der Waals surface area contributed by atoms with E-state index < -0.39 is 0 Å². The van der Waals surface area contributed by atoms with Gasteiger partial charge in [0, 0.05) is 47.7 Å². The summed E-state index contributed by atoms with van der Waals surface area (Å²) in [5.41, 5.74) is 5.23. The van der Waals surface area contributed by atoms with Crippen molar-refractivity contribution in [1.82, 2.24) is 19.7 Å². The molecule has 0 saturated carbocycles. The van der Waals surface area contributed by atoms with E-state index in [2.05, 4.69) is 10.1 Å². The van der Waals surface area contributed by atoms with Crippen molar-refractivity contribution in [3.05, 3.63) is 54.5 Å². The highest BCUT2D eigenvalue weighted by atomic mass is 16.5. The number of fused-ring (bicyclic) bond motifs is 1. The zero-order chi connectivity index (χ0) is 18.3. The third-order valence-corrected chi connectivity index (χ3v) is 4.53. The SMILES string of the molecule is COc1cc(O)ccc1-c1cc(-c2cccnc2)c2c(C)n(C)nc2n1. The first-order chi connectivity index (χ1) is 12.6. The van der Waals surface area contributed by atoms with E-state index in [1.807, 2.05) is 43.0 Å². The number of hydrogen-bond acceptors (Lipinski definition) is 5. The van der Waals surface area contributed by atoms with Crippen molar-refractivity contribution in [3.8, 4) is 33.9 Å². The van der Waals surface area contributed by atoms with Crippen LogP contribution in [0.2, 0.25) is 0 Å². The van der Waals surface area contributed by atoms with E-state index in [1.165, 1.54) is 0 Å². The maximum atomic E-state index is 9.74. The van der Waals surface area contributed by atoms with Gasteiger partial charge in [0.25, 0.3) is 0 Å². The minimum Gasteiger partial charge on any atom is -0.508 e. The molecule has 130 valence electrons. The molecule has 0 aliphatic rings. The van der Waals surface area contributed by atoms with Crippen LogP contribution in [0.25, 0.3) is 33.4 Å². The van der Waals surface area contributed by atoms with E-state index in [9.17, 15) is 5.11 Å². The van der Waals surface area contributed by atoms with Crippen LogP contribution in [0.5, 0.6) is 11.5 Å². The monoisotopic (exact) mass is 346 g/mol. The van der Waals surface area contributed by atoms with Crippen LogP contribution in [0.1, 0.15) is 5.69 Å². The molecule has 3 aromatic heterocycles. The van der Waals surface area contributed by atoms with Crippen LogP contribution >= 0.6 is 0 Å². The molecule has 0 spiro atoms. The van der Waals surface area contributed by atoms with Crippen molar-refractivity contribution in [2.45, 2.75) is 6.92 Å². The maximum Gasteiger partial charge on any atom is 0.182 e. The summed E-state index contributed by atoms with van der Waals surface area (Å²) in [5.74, 6) is 0.703. The van der Waals surface area contributed by atoms with Gasteiger partial charge in [0.2, 0.25) is 0 Å². The van der Waals surface area contributed by atoms with Crippen molar-refractivity contribution < 1.29 is 9.84 Å². The number of phenolic OH excluding ortho intramolecular Hbond substituents is 1. The Bertz CT molecular complexity index is 1100. The number of ether oxygens (including phenoxy) is 1. The lowest BCUT2D eigenvalue weighted by Gasteiger charge is -2.11. The van der Waals surface area contributed by atoms with E-state index in [-0.39, 0.29) is 5.75 Å². The molecule has 0 radical (unpaired) electrons. The second-order valence-corrected chi connectivity index (χ2v) is 6.09. The summed E-state index contributed by atoms with van der Waals surface area (Å²) in [6.45, 7) is 2.03. The van der Waals surface area contributed by atoms with E-state index in [4.69, 9.17) is 9.72 Å². The second-order valence-electron chi connectivity index (χ2n) is 6.09. The standard InChI is InChI=1S/C20H18N4O2/c1-12-19-16(13-5-4-8-21-11-13)10-17(22-20(19)23-24(12)2)15-7-6-14(25)9-18(15)26-3/h4-11,25H,1-3H3. The number of nitrogens with zero attached hydrogens (tertiary/aromatic N) is 4. The highest BCUT2D eigenvalue weighted by Gasteiger charge is 2.17. The van der Waals surface area contributed by atoms with Gasteiger partial charge in [-0.05, 0) is 36.8 Å². The van der Waals surface area contributed by atoms with Crippen molar-refractivity contribution in [3.63, 3.8) is 0 Å². The molecule has 0 aliphatic heterocycles. The summed E-state index contributed by atoms with van der Waals surface area (Å²) in [5, 5.41) is 15.3. The molecule has 1 aromatic carbocycles. The number of aromatic hydroxyl groups is 1. The summed E-state index contributed by atoms with van der Waals surface area (Å²) in [6, 6.07) is 10.9. The smallest absolute Gasteiger partial charge is 0.182 e. The molecular weight excluding hydrogens is 328 g/mol. The summed E-state index contributed by atoms with van der Waals surface area (Å²) < 4.78 is 7.26. The number of benzene rings is 1. The van der Waals surface area contributed by atoms with Gasteiger partial charge in [0.15, 0.2) is 5.65 Å². The van der Waals surface area contributed by atoms with Gasteiger partial charge in [-0.3, -0.25) is 9.67 Å². The molecule has 4 aromatic rings. The van der Waals surface area contributed by atoms with Crippen LogP contribution in [0, 0.1) is 6.92 Å². The molecule has 0 bridgehead atoms. The minimum atomic E-state index is 0.146.